The average molecular weight is 1010 g/mol. The van der Waals surface area contributed by atoms with Gasteiger partial charge in [-0.3, -0.25) is 4.79 Å². The van der Waals surface area contributed by atoms with Crippen molar-refractivity contribution in [2.45, 2.75) is 175 Å². The van der Waals surface area contributed by atoms with Gasteiger partial charge in [0.15, 0.2) is 0 Å². The van der Waals surface area contributed by atoms with E-state index in [0.717, 1.165) is 36.8 Å². The topological polar surface area (TPSA) is 29.1 Å². The molecule has 2 nitrogen and oxygen atoms in total. The van der Waals surface area contributed by atoms with Crippen LogP contribution < -0.4 is 5.32 Å². The highest BCUT2D eigenvalue weighted by Crippen LogP contribution is 2.18. The molecule has 3 aromatic carbocycles. The summed E-state index contributed by atoms with van der Waals surface area (Å²) in [6, 6.07) is 18.8. The Hall–Kier alpha value is -3.17. The van der Waals surface area contributed by atoms with Gasteiger partial charge in [0.25, 0.3) is 5.91 Å². The van der Waals surface area contributed by atoms with E-state index < -0.39 is 0 Å². The van der Waals surface area contributed by atoms with Crippen molar-refractivity contribution in [2.75, 3.05) is 6.54 Å². The van der Waals surface area contributed by atoms with Gasteiger partial charge in [0.1, 0.15) is 0 Å². The Morgan fingerprint density at radius 1 is 0.424 bits per heavy atom. The first-order valence-corrected chi connectivity index (χ1v) is 25.1. The molecule has 0 bridgehead atoms. The first-order chi connectivity index (χ1) is 28.9. The van der Waals surface area contributed by atoms with E-state index in [2.05, 4.69) is 155 Å². The van der Waals surface area contributed by atoms with Gasteiger partial charge in [-0.15, -0.1) is 0 Å². The van der Waals surface area contributed by atoms with E-state index in [4.69, 9.17) is 0 Å². The fraction of sp³-hybridized carbons (Fsp3) is 0.509. The van der Waals surface area contributed by atoms with Crippen LogP contribution in [-0.2, 0) is 12.8 Å². The Bertz CT molecular complexity index is 1830. The third kappa shape index (κ3) is 24.0. The van der Waals surface area contributed by atoms with Gasteiger partial charge in [0, 0.05) is 41.5 Å². The summed E-state index contributed by atoms with van der Waals surface area (Å²) < 4.78 is 2.39. The Kier molecular flexibility index (Phi) is 27.7. The van der Waals surface area contributed by atoms with Crippen molar-refractivity contribution in [3.05, 3.63) is 101 Å². The quantitative estimate of drug-likeness (QED) is 0.0485. The molecule has 0 heterocycles. The van der Waals surface area contributed by atoms with E-state index in [1.54, 1.807) is 0 Å². The van der Waals surface area contributed by atoms with E-state index in [1.807, 2.05) is 18.2 Å². The van der Waals surface area contributed by atoms with Gasteiger partial charge >= 0.3 is 0 Å². The number of nitrogens with one attached hydrogen (secondary N) is 1. The highest BCUT2D eigenvalue weighted by atomic mass is 127. The van der Waals surface area contributed by atoms with E-state index >= 15 is 0 Å². The molecule has 59 heavy (non-hydrogen) atoms. The minimum atomic E-state index is -0.0988. The minimum Gasteiger partial charge on any atom is -0.352 e. The molecule has 0 saturated heterocycles. The van der Waals surface area contributed by atoms with Crippen LogP contribution >= 0.6 is 45.2 Å². The van der Waals surface area contributed by atoms with Gasteiger partial charge in [-0.25, -0.2) is 0 Å². The lowest BCUT2D eigenvalue weighted by Gasteiger charge is -2.07. The van der Waals surface area contributed by atoms with Gasteiger partial charge in [0.05, 0.1) is 0 Å². The van der Waals surface area contributed by atoms with Crippen LogP contribution in [0.3, 0.4) is 0 Å². The number of hydrogen-bond acceptors (Lipinski definition) is 1. The molecule has 4 heteroatoms. The molecule has 3 rings (SSSR count). The smallest absolute Gasteiger partial charge is 0.251 e. The first kappa shape index (κ1) is 50.2. The average Bonchev–Trinajstić information content (AvgIpc) is 3.22. The zero-order valence-corrected chi connectivity index (χ0v) is 40.9. The van der Waals surface area contributed by atoms with Crippen LogP contribution in [0.1, 0.15) is 206 Å². The zero-order valence-electron chi connectivity index (χ0n) is 36.5. The Balaban J connectivity index is 1.71. The van der Waals surface area contributed by atoms with Crippen molar-refractivity contribution in [1.29, 1.82) is 0 Å². The van der Waals surface area contributed by atoms with Crippen LogP contribution in [0.4, 0.5) is 0 Å². The molecule has 0 aliphatic rings. The third-order valence-electron chi connectivity index (χ3n) is 10.5. The molecule has 0 aromatic heterocycles. The van der Waals surface area contributed by atoms with Crippen molar-refractivity contribution in [1.82, 2.24) is 5.32 Å². The summed E-state index contributed by atoms with van der Waals surface area (Å²) in [5.74, 6) is 25.1. The summed E-state index contributed by atoms with van der Waals surface area (Å²) in [5, 5.41) is 3.14. The third-order valence-corrected chi connectivity index (χ3v) is 11.8. The van der Waals surface area contributed by atoms with E-state index in [1.165, 1.54) is 147 Å². The summed E-state index contributed by atoms with van der Waals surface area (Å²) in [7, 11) is 0. The van der Waals surface area contributed by atoms with Crippen molar-refractivity contribution < 1.29 is 4.79 Å². The van der Waals surface area contributed by atoms with Crippen molar-refractivity contribution in [2.24, 2.45) is 0 Å². The molecule has 0 aliphatic heterocycles. The number of amides is 1. The van der Waals surface area contributed by atoms with Crippen LogP contribution in [0.2, 0.25) is 0 Å². The molecule has 314 valence electrons. The molecular formula is C55H69I2NO. The van der Waals surface area contributed by atoms with Gasteiger partial charge in [-0.05, 0) is 167 Å². The van der Waals surface area contributed by atoms with E-state index in [0.29, 0.717) is 23.2 Å². The standard InChI is InChI=1S/C55H69I2NO/c1-4-7-10-13-16-17-18-19-22-29-36-58-55(59)52-40-46(32-25-27-34-50-38-48(42-53(56)44-50)30-23-20-14-11-8-5-2)37-47(41-52)33-26-28-35-51-39-49(43-54(57)45-51)31-24-21-15-12-9-6-3/h37-45H,4-24,29-31,36H2,1-3H3,(H,58,59). The number of unbranched alkanes of at least 4 members (excludes halogenated alkanes) is 19. The predicted molar refractivity (Wildman–Crippen MR) is 271 cm³/mol. The SMILES string of the molecule is CCCCCCCCCCCCNC(=O)c1cc(C#CC#Cc2cc(I)cc(CCCCCCCC)c2)cc(C#CC#Cc2cc(I)cc(CCCCCCCC)c2)c1. The maximum Gasteiger partial charge on any atom is 0.251 e. The maximum absolute atomic E-state index is 13.4. The number of carbonyl (C=O) groups is 1. The monoisotopic (exact) mass is 1010 g/mol. The zero-order chi connectivity index (χ0) is 42.2. The van der Waals surface area contributed by atoms with Gasteiger partial charge in [-0.1, -0.05) is 166 Å². The molecule has 0 spiro atoms. The highest BCUT2D eigenvalue weighted by Gasteiger charge is 2.08. The number of halogens is 2. The highest BCUT2D eigenvalue weighted by molar-refractivity contribution is 14.1. The molecule has 0 aliphatic carbocycles. The molecule has 0 atom stereocenters. The van der Waals surface area contributed by atoms with E-state index in [-0.39, 0.29) is 5.91 Å². The van der Waals surface area contributed by atoms with Crippen LogP contribution in [-0.4, -0.2) is 12.5 Å². The Morgan fingerprint density at radius 2 is 0.763 bits per heavy atom. The van der Waals surface area contributed by atoms with Gasteiger partial charge in [0.2, 0.25) is 0 Å². The number of aryl methyl sites for hydroxylation is 2. The number of hydrogen-bond donors (Lipinski definition) is 1. The lowest BCUT2D eigenvalue weighted by atomic mass is 10.0. The molecule has 0 saturated carbocycles. The van der Waals surface area contributed by atoms with Gasteiger partial charge in [-0.2, -0.15) is 0 Å². The molecule has 1 amide bonds. The molecule has 3 aromatic rings. The lowest BCUT2D eigenvalue weighted by molar-refractivity contribution is 0.0953. The summed E-state index contributed by atoms with van der Waals surface area (Å²) >= 11 is 4.76. The normalized spacial score (nSPS) is 10.3. The number of benzene rings is 3. The fourth-order valence-electron chi connectivity index (χ4n) is 7.19. The Labute approximate surface area is 387 Å². The fourth-order valence-corrected chi connectivity index (χ4v) is 8.66. The van der Waals surface area contributed by atoms with E-state index in [9.17, 15) is 4.79 Å². The van der Waals surface area contributed by atoms with Crippen molar-refractivity contribution in [3.63, 3.8) is 0 Å². The predicted octanol–water partition coefficient (Wildman–Crippen LogP) is 15.2. The molecular weight excluding hydrogens is 944 g/mol. The second-order valence-corrected chi connectivity index (χ2v) is 18.5. The lowest BCUT2D eigenvalue weighted by Crippen LogP contribution is -2.24. The second-order valence-electron chi connectivity index (χ2n) is 16.0. The second kappa shape index (κ2) is 32.6. The summed E-state index contributed by atoms with van der Waals surface area (Å²) in [6.45, 7) is 7.45. The number of carbonyl (C=O) groups excluding carboxylic acids is 1. The van der Waals surface area contributed by atoms with Crippen LogP contribution in [0, 0.1) is 54.5 Å². The molecule has 0 unspecified atom stereocenters. The van der Waals surface area contributed by atoms with Crippen molar-refractivity contribution in [3.8, 4) is 47.4 Å². The van der Waals surface area contributed by atoms with Crippen LogP contribution in [0.15, 0.2) is 54.6 Å². The number of rotatable bonds is 26. The Morgan fingerprint density at radius 3 is 1.15 bits per heavy atom. The van der Waals surface area contributed by atoms with Gasteiger partial charge < -0.3 is 5.32 Å². The molecule has 0 radical (unpaired) electrons. The summed E-state index contributed by atoms with van der Waals surface area (Å²) in [6.07, 6.45) is 30.3. The minimum absolute atomic E-state index is 0.0988. The summed E-state index contributed by atoms with van der Waals surface area (Å²) in [5.41, 5.74) is 6.63. The maximum atomic E-state index is 13.4. The summed E-state index contributed by atoms with van der Waals surface area (Å²) in [4.78, 5) is 13.4. The van der Waals surface area contributed by atoms with Crippen molar-refractivity contribution >= 4 is 51.1 Å². The molecule has 0 fully saturated rings. The van der Waals surface area contributed by atoms with Crippen LogP contribution in [0.5, 0.6) is 0 Å². The first-order valence-electron chi connectivity index (χ1n) is 23.0. The van der Waals surface area contributed by atoms with Crippen LogP contribution in [0.25, 0.3) is 0 Å². The largest absolute Gasteiger partial charge is 0.352 e. The molecule has 1 N–H and O–H groups in total.